The molecule has 1 heterocycles. The lowest BCUT2D eigenvalue weighted by molar-refractivity contribution is 0.0702. The third-order valence-electron chi connectivity index (χ3n) is 4.19. The molecule has 6 nitrogen and oxygen atoms in total. The first-order chi connectivity index (χ1) is 12.6. The van der Waals surface area contributed by atoms with Gasteiger partial charge in [0.25, 0.3) is 5.91 Å². The van der Waals surface area contributed by atoms with Gasteiger partial charge in [-0.2, -0.15) is 5.10 Å². The van der Waals surface area contributed by atoms with Crippen LogP contribution in [0.5, 0.6) is 5.75 Å². The van der Waals surface area contributed by atoms with Gasteiger partial charge in [-0.25, -0.2) is 10.2 Å². The number of hydrogen-bond acceptors (Lipinski definition) is 5. The van der Waals surface area contributed by atoms with Gasteiger partial charge < -0.3 is 10.2 Å². The smallest absolute Gasteiger partial charge is 0.345 e. The van der Waals surface area contributed by atoms with Crippen LogP contribution in [0.15, 0.2) is 29.4 Å². The second kappa shape index (κ2) is 8.35. The molecule has 0 spiro atoms. The molecule has 3 N–H and O–H groups in total. The summed E-state index contributed by atoms with van der Waals surface area (Å²) in [4.78, 5) is 24.4. The van der Waals surface area contributed by atoms with Crippen LogP contribution >= 0.6 is 11.3 Å². The third-order valence-corrected chi connectivity index (χ3v) is 5.38. The Kier molecular flexibility index (Phi) is 6.38. The van der Waals surface area contributed by atoms with E-state index >= 15 is 0 Å². The summed E-state index contributed by atoms with van der Waals surface area (Å²) in [6.07, 6.45) is 0. The van der Waals surface area contributed by atoms with E-state index in [9.17, 15) is 14.7 Å². The molecule has 0 aliphatic heterocycles. The van der Waals surface area contributed by atoms with Crippen LogP contribution in [0.25, 0.3) is 0 Å². The van der Waals surface area contributed by atoms with Crippen molar-refractivity contribution < 1.29 is 19.8 Å². The molecule has 0 bridgehead atoms. The molecule has 2 aromatic rings. The van der Waals surface area contributed by atoms with Gasteiger partial charge >= 0.3 is 5.97 Å². The van der Waals surface area contributed by atoms with Gasteiger partial charge in [0.05, 0.1) is 16.2 Å². The van der Waals surface area contributed by atoms with Crippen LogP contribution in [-0.2, 0) is 0 Å². The van der Waals surface area contributed by atoms with Crippen molar-refractivity contribution in [3.05, 3.63) is 50.7 Å². The van der Waals surface area contributed by atoms with Crippen molar-refractivity contribution in [1.29, 1.82) is 0 Å². The highest BCUT2D eigenvalue weighted by Gasteiger charge is 2.19. The van der Waals surface area contributed by atoms with Gasteiger partial charge in [-0.3, -0.25) is 4.79 Å². The monoisotopic (exact) mass is 388 g/mol. The van der Waals surface area contributed by atoms with Crippen molar-refractivity contribution in [2.75, 3.05) is 0 Å². The largest absolute Gasteiger partial charge is 0.507 e. The molecule has 0 saturated heterocycles. The molecule has 1 amide bonds. The van der Waals surface area contributed by atoms with E-state index in [0.717, 1.165) is 22.5 Å². The number of rotatable bonds is 6. The van der Waals surface area contributed by atoms with Crippen LogP contribution in [0.2, 0.25) is 0 Å². The molecule has 144 valence electrons. The highest BCUT2D eigenvalue weighted by molar-refractivity contribution is 7.15. The number of phenolic OH excluding ortho intramolecular Hbond substituents is 1. The minimum Gasteiger partial charge on any atom is -0.507 e. The summed E-state index contributed by atoms with van der Waals surface area (Å²) in [5.41, 5.74) is 4.81. The van der Waals surface area contributed by atoms with Crippen molar-refractivity contribution in [1.82, 2.24) is 5.43 Å². The van der Waals surface area contributed by atoms with Gasteiger partial charge in [-0.05, 0) is 48.1 Å². The topological polar surface area (TPSA) is 99.0 Å². The van der Waals surface area contributed by atoms with Crippen LogP contribution in [0, 0.1) is 0 Å². The van der Waals surface area contributed by atoms with Crippen molar-refractivity contribution in [2.24, 2.45) is 5.10 Å². The minimum absolute atomic E-state index is 0.0379. The number of aromatic carboxylic acids is 1. The number of aromatic hydroxyl groups is 1. The molecular formula is C20H24N2O4S. The van der Waals surface area contributed by atoms with Crippen molar-refractivity contribution in [3.8, 4) is 5.75 Å². The number of hydrogen-bond donors (Lipinski definition) is 3. The Balaban J connectivity index is 2.30. The number of nitrogens with one attached hydrogen (secondary N) is 1. The highest BCUT2D eigenvalue weighted by atomic mass is 32.1. The first kappa shape index (κ1) is 20.6. The number of benzene rings is 1. The van der Waals surface area contributed by atoms with E-state index < -0.39 is 11.9 Å². The van der Waals surface area contributed by atoms with E-state index in [1.54, 1.807) is 19.1 Å². The molecule has 2 rings (SSSR count). The molecule has 1 aromatic heterocycles. The number of carbonyl (C=O) groups is 2. The fraction of sp³-hybridized carbons (Fsp3) is 0.350. The Bertz CT molecular complexity index is 897. The second-order valence-corrected chi connectivity index (χ2v) is 8.01. The van der Waals surface area contributed by atoms with Crippen LogP contribution in [-0.4, -0.2) is 27.8 Å². The lowest BCUT2D eigenvalue weighted by atomic mass is 9.92. The number of nitrogens with zero attached hydrogens (tertiary/aromatic N) is 1. The maximum absolute atomic E-state index is 12.6. The zero-order valence-corrected chi connectivity index (χ0v) is 16.8. The van der Waals surface area contributed by atoms with Crippen molar-refractivity contribution in [2.45, 2.75) is 46.5 Å². The summed E-state index contributed by atoms with van der Waals surface area (Å²) in [5, 5.41) is 23.6. The first-order valence-corrected chi connectivity index (χ1v) is 9.48. The standard InChI is InChI=1S/C20H24N2O4S/c1-10(2)13-8-14(11(3)4)18(23)15(9-13)19(24)22-21-12(5)16-6-7-17(27-16)20(25)26/h6-11,23H,1-5H3,(H,22,24)(H,25,26)/b21-12-. The molecule has 0 atom stereocenters. The maximum Gasteiger partial charge on any atom is 0.345 e. The zero-order chi connectivity index (χ0) is 20.3. The molecule has 0 aliphatic carbocycles. The predicted octanol–water partition coefficient (Wildman–Crippen LogP) is 4.55. The zero-order valence-electron chi connectivity index (χ0n) is 16.0. The van der Waals surface area contributed by atoms with Gasteiger partial charge in [-0.1, -0.05) is 33.8 Å². The van der Waals surface area contributed by atoms with E-state index in [2.05, 4.69) is 10.5 Å². The third kappa shape index (κ3) is 4.74. The Hall–Kier alpha value is -2.67. The predicted molar refractivity (Wildman–Crippen MR) is 107 cm³/mol. The average molecular weight is 388 g/mol. The maximum atomic E-state index is 12.6. The fourth-order valence-corrected chi connectivity index (χ4v) is 3.31. The Morgan fingerprint density at radius 1 is 1.07 bits per heavy atom. The summed E-state index contributed by atoms with van der Waals surface area (Å²) in [7, 11) is 0. The van der Waals surface area contributed by atoms with Crippen LogP contribution in [0.3, 0.4) is 0 Å². The van der Waals surface area contributed by atoms with Gasteiger partial charge in [0, 0.05) is 0 Å². The molecule has 7 heteroatoms. The summed E-state index contributed by atoms with van der Waals surface area (Å²) >= 11 is 1.08. The molecule has 27 heavy (non-hydrogen) atoms. The summed E-state index contributed by atoms with van der Waals surface area (Å²) < 4.78 is 0. The van der Waals surface area contributed by atoms with E-state index in [4.69, 9.17) is 5.11 Å². The fourth-order valence-electron chi connectivity index (χ4n) is 2.52. The van der Waals surface area contributed by atoms with E-state index in [-0.39, 0.29) is 28.0 Å². The van der Waals surface area contributed by atoms with Gasteiger partial charge in [0.15, 0.2) is 0 Å². The van der Waals surface area contributed by atoms with Crippen molar-refractivity contribution in [3.63, 3.8) is 0 Å². The molecule has 0 radical (unpaired) electrons. The minimum atomic E-state index is -1.00. The van der Waals surface area contributed by atoms with Crippen molar-refractivity contribution >= 4 is 28.9 Å². The number of amides is 1. The average Bonchev–Trinajstić information content (AvgIpc) is 3.09. The van der Waals surface area contributed by atoms with Gasteiger partial charge in [-0.15, -0.1) is 11.3 Å². The molecule has 0 saturated carbocycles. The number of phenols is 1. The Labute approximate surface area is 162 Å². The molecular weight excluding hydrogens is 364 g/mol. The molecule has 0 aliphatic rings. The Morgan fingerprint density at radius 3 is 2.22 bits per heavy atom. The summed E-state index contributed by atoms with van der Waals surface area (Å²) in [5.74, 6) is -1.27. The lowest BCUT2D eigenvalue weighted by Gasteiger charge is -2.16. The molecule has 1 aromatic carbocycles. The summed E-state index contributed by atoms with van der Waals surface area (Å²) in [6, 6.07) is 6.75. The van der Waals surface area contributed by atoms with Crippen LogP contribution < -0.4 is 5.43 Å². The number of carboxylic acids is 1. The highest BCUT2D eigenvalue weighted by Crippen LogP contribution is 2.33. The van der Waals surface area contributed by atoms with E-state index in [1.165, 1.54) is 6.07 Å². The SMILES string of the molecule is C/C(=N/NC(=O)c1cc(C(C)C)cc(C(C)C)c1O)c1ccc(C(=O)O)s1. The van der Waals surface area contributed by atoms with Crippen LogP contribution in [0.1, 0.15) is 82.5 Å². The number of carbonyl (C=O) groups excluding carboxylic acids is 1. The Morgan fingerprint density at radius 2 is 1.70 bits per heavy atom. The number of carboxylic acid groups (broad SMARTS) is 1. The van der Waals surface area contributed by atoms with E-state index in [0.29, 0.717) is 10.6 Å². The number of hydrazone groups is 1. The second-order valence-electron chi connectivity index (χ2n) is 6.92. The number of thiophene rings is 1. The molecule has 0 fully saturated rings. The quantitative estimate of drug-likeness (QED) is 0.499. The van der Waals surface area contributed by atoms with E-state index in [1.807, 2.05) is 33.8 Å². The van der Waals surface area contributed by atoms with Crippen LogP contribution in [0.4, 0.5) is 0 Å². The first-order valence-electron chi connectivity index (χ1n) is 8.66. The van der Waals surface area contributed by atoms with Gasteiger partial charge in [0.1, 0.15) is 10.6 Å². The normalized spacial score (nSPS) is 11.9. The summed E-state index contributed by atoms with van der Waals surface area (Å²) in [6.45, 7) is 9.65. The molecule has 0 unspecified atom stereocenters. The van der Waals surface area contributed by atoms with Gasteiger partial charge in [0.2, 0.25) is 0 Å². The lowest BCUT2D eigenvalue weighted by Crippen LogP contribution is -2.20.